The Balaban J connectivity index is 1.87. The van der Waals surface area contributed by atoms with E-state index in [1.54, 1.807) is 11.0 Å². The van der Waals surface area contributed by atoms with Gasteiger partial charge in [0, 0.05) is 36.1 Å². The van der Waals surface area contributed by atoms with Gasteiger partial charge in [-0.2, -0.15) is 0 Å². The van der Waals surface area contributed by atoms with E-state index in [0.717, 1.165) is 35.0 Å². The highest BCUT2D eigenvalue weighted by atomic mass is 35.5. The molecule has 23 heavy (non-hydrogen) atoms. The molecule has 1 N–H and O–H groups in total. The molecule has 0 unspecified atom stereocenters. The number of benzene rings is 1. The van der Waals surface area contributed by atoms with Crippen LogP contribution in [0.25, 0.3) is 10.9 Å². The number of amides is 1. The Morgan fingerprint density at radius 2 is 1.91 bits per heavy atom. The summed E-state index contributed by atoms with van der Waals surface area (Å²) >= 11 is 12.5. The van der Waals surface area contributed by atoms with Crippen LogP contribution in [0.2, 0.25) is 10.0 Å². The van der Waals surface area contributed by atoms with Crippen LogP contribution in [0.1, 0.15) is 32.0 Å². The highest BCUT2D eigenvalue weighted by molar-refractivity contribution is 6.45. The monoisotopic (exact) mass is 354 g/mol. The normalized spacial score (nSPS) is 15.4. The quantitative estimate of drug-likeness (QED) is 0.737. The van der Waals surface area contributed by atoms with E-state index >= 15 is 0 Å². The number of ether oxygens (including phenoxy) is 1. The Morgan fingerprint density at radius 3 is 2.61 bits per heavy atom. The molecule has 124 valence electrons. The molecule has 0 bridgehead atoms. The molecule has 4 nitrogen and oxygen atoms in total. The van der Waals surface area contributed by atoms with E-state index in [2.05, 4.69) is 4.98 Å². The standard InChI is InChI=1S/C17H20Cl2N2O2/c1-17(2,3)23-16(22)21-8-6-10-12(7-9-21)20-13-5-4-11(18)15(19)14(10)13/h4-5,20H,6-9H2,1-3H3. The highest BCUT2D eigenvalue weighted by Crippen LogP contribution is 2.36. The van der Waals surface area contributed by atoms with Gasteiger partial charge in [0.1, 0.15) is 5.60 Å². The predicted octanol–water partition coefficient (Wildman–Crippen LogP) is 4.81. The Labute approximate surface area is 145 Å². The van der Waals surface area contributed by atoms with Crippen molar-refractivity contribution in [3.8, 4) is 0 Å². The summed E-state index contributed by atoms with van der Waals surface area (Å²) < 4.78 is 5.47. The van der Waals surface area contributed by atoms with Crippen LogP contribution < -0.4 is 0 Å². The van der Waals surface area contributed by atoms with Gasteiger partial charge in [0.15, 0.2) is 0 Å². The molecule has 2 heterocycles. The lowest BCUT2D eigenvalue weighted by Crippen LogP contribution is -2.38. The van der Waals surface area contributed by atoms with Gasteiger partial charge in [-0.15, -0.1) is 0 Å². The Hall–Kier alpha value is -1.39. The lowest BCUT2D eigenvalue weighted by atomic mass is 10.1. The molecule has 0 aliphatic carbocycles. The van der Waals surface area contributed by atoms with Gasteiger partial charge in [0.2, 0.25) is 0 Å². The number of carbonyl (C=O) groups is 1. The molecule has 1 aliphatic rings. The maximum Gasteiger partial charge on any atom is 0.410 e. The molecule has 6 heteroatoms. The zero-order valence-electron chi connectivity index (χ0n) is 13.5. The number of halogens is 2. The molecule has 0 fully saturated rings. The van der Waals surface area contributed by atoms with Gasteiger partial charge in [-0.1, -0.05) is 23.2 Å². The molecule has 0 saturated carbocycles. The van der Waals surface area contributed by atoms with Crippen LogP contribution in [-0.4, -0.2) is 34.7 Å². The van der Waals surface area contributed by atoms with E-state index in [-0.39, 0.29) is 6.09 Å². The average molecular weight is 355 g/mol. The van der Waals surface area contributed by atoms with Gasteiger partial charge in [-0.3, -0.25) is 0 Å². The summed E-state index contributed by atoms with van der Waals surface area (Å²) in [6, 6.07) is 3.75. The minimum Gasteiger partial charge on any atom is -0.444 e. The molecular weight excluding hydrogens is 335 g/mol. The van der Waals surface area contributed by atoms with Gasteiger partial charge in [0.25, 0.3) is 0 Å². The first kappa shape index (κ1) is 16.5. The highest BCUT2D eigenvalue weighted by Gasteiger charge is 2.26. The summed E-state index contributed by atoms with van der Waals surface area (Å²) in [5, 5.41) is 2.10. The van der Waals surface area contributed by atoms with Crippen LogP contribution in [0.3, 0.4) is 0 Å². The molecule has 3 rings (SSSR count). The van der Waals surface area contributed by atoms with Gasteiger partial charge >= 0.3 is 6.09 Å². The summed E-state index contributed by atoms with van der Waals surface area (Å²) in [7, 11) is 0. The lowest BCUT2D eigenvalue weighted by Gasteiger charge is -2.26. The molecular formula is C17H20Cl2N2O2. The van der Waals surface area contributed by atoms with Gasteiger partial charge in [-0.25, -0.2) is 4.79 Å². The fraction of sp³-hybridized carbons (Fsp3) is 0.471. The third kappa shape index (κ3) is 3.29. The Bertz CT molecular complexity index is 762. The van der Waals surface area contributed by atoms with E-state index in [0.29, 0.717) is 23.1 Å². The third-order valence-corrected chi connectivity index (χ3v) is 4.77. The van der Waals surface area contributed by atoms with Crippen molar-refractivity contribution in [1.29, 1.82) is 0 Å². The fourth-order valence-corrected chi connectivity index (χ4v) is 3.38. The molecule has 0 radical (unpaired) electrons. The topological polar surface area (TPSA) is 45.3 Å². The van der Waals surface area contributed by atoms with E-state index in [1.165, 1.54) is 0 Å². The Morgan fingerprint density at radius 1 is 1.22 bits per heavy atom. The molecule has 0 spiro atoms. The second-order valence-electron chi connectivity index (χ2n) is 6.83. The number of carbonyl (C=O) groups excluding carboxylic acids is 1. The predicted molar refractivity (Wildman–Crippen MR) is 93.5 cm³/mol. The van der Waals surface area contributed by atoms with Crippen molar-refractivity contribution in [2.75, 3.05) is 13.1 Å². The number of hydrogen-bond acceptors (Lipinski definition) is 2. The number of nitrogens with zero attached hydrogens (tertiary/aromatic N) is 1. The lowest BCUT2D eigenvalue weighted by molar-refractivity contribution is 0.0258. The first-order valence-electron chi connectivity index (χ1n) is 7.71. The largest absolute Gasteiger partial charge is 0.444 e. The van der Waals surface area contributed by atoms with Crippen molar-refractivity contribution in [2.24, 2.45) is 0 Å². The van der Waals surface area contributed by atoms with Crippen LogP contribution in [0.5, 0.6) is 0 Å². The van der Waals surface area contributed by atoms with Gasteiger partial charge in [-0.05, 0) is 44.9 Å². The molecule has 0 saturated heterocycles. The van der Waals surface area contributed by atoms with Crippen molar-refractivity contribution in [2.45, 2.75) is 39.2 Å². The average Bonchev–Trinajstić information content (AvgIpc) is 2.67. The molecule has 1 aliphatic heterocycles. The van der Waals surface area contributed by atoms with Crippen molar-refractivity contribution in [1.82, 2.24) is 9.88 Å². The molecule has 0 atom stereocenters. The minimum absolute atomic E-state index is 0.268. The molecule has 2 aromatic rings. The second kappa shape index (κ2) is 5.91. The number of aromatic nitrogens is 1. The van der Waals surface area contributed by atoms with Crippen molar-refractivity contribution in [3.05, 3.63) is 33.4 Å². The minimum atomic E-state index is -0.485. The van der Waals surface area contributed by atoms with E-state index in [9.17, 15) is 4.79 Å². The van der Waals surface area contributed by atoms with E-state index in [1.807, 2.05) is 26.8 Å². The van der Waals surface area contributed by atoms with Crippen molar-refractivity contribution >= 4 is 40.2 Å². The smallest absolute Gasteiger partial charge is 0.410 e. The van der Waals surface area contributed by atoms with Crippen LogP contribution in [0.4, 0.5) is 4.79 Å². The summed E-state index contributed by atoms with van der Waals surface area (Å²) in [6.45, 7) is 6.86. The van der Waals surface area contributed by atoms with Crippen LogP contribution in [0, 0.1) is 0 Å². The van der Waals surface area contributed by atoms with Gasteiger partial charge in [0.05, 0.1) is 10.0 Å². The Kier molecular flexibility index (Phi) is 4.23. The van der Waals surface area contributed by atoms with Crippen LogP contribution >= 0.6 is 23.2 Å². The summed E-state index contributed by atoms with van der Waals surface area (Å²) in [5.74, 6) is 0. The summed E-state index contributed by atoms with van der Waals surface area (Å²) in [5.41, 5.74) is 2.78. The van der Waals surface area contributed by atoms with Crippen LogP contribution in [-0.2, 0) is 17.6 Å². The van der Waals surface area contributed by atoms with Crippen molar-refractivity contribution in [3.63, 3.8) is 0 Å². The number of rotatable bonds is 0. The molecule has 1 amide bonds. The number of fused-ring (bicyclic) bond motifs is 3. The maximum absolute atomic E-state index is 12.3. The van der Waals surface area contributed by atoms with E-state index < -0.39 is 5.60 Å². The summed E-state index contributed by atoms with van der Waals surface area (Å²) in [6.07, 6.45) is 1.21. The number of nitrogens with one attached hydrogen (secondary N) is 1. The number of H-pyrrole nitrogens is 1. The fourth-order valence-electron chi connectivity index (χ4n) is 2.94. The first-order valence-corrected chi connectivity index (χ1v) is 8.47. The van der Waals surface area contributed by atoms with Crippen LogP contribution in [0.15, 0.2) is 12.1 Å². The molecule has 1 aromatic heterocycles. The van der Waals surface area contributed by atoms with Gasteiger partial charge < -0.3 is 14.6 Å². The van der Waals surface area contributed by atoms with E-state index in [4.69, 9.17) is 27.9 Å². The zero-order chi connectivity index (χ0) is 16.8. The maximum atomic E-state index is 12.3. The number of aromatic amines is 1. The third-order valence-electron chi connectivity index (χ3n) is 3.96. The number of hydrogen-bond donors (Lipinski definition) is 1. The molecule has 1 aromatic carbocycles. The second-order valence-corrected chi connectivity index (χ2v) is 7.62. The summed E-state index contributed by atoms with van der Waals surface area (Å²) in [4.78, 5) is 17.4. The van der Waals surface area contributed by atoms with Crippen molar-refractivity contribution < 1.29 is 9.53 Å². The zero-order valence-corrected chi connectivity index (χ0v) is 15.0. The first-order chi connectivity index (χ1) is 10.8. The SMILES string of the molecule is CC(C)(C)OC(=O)N1CCc2[nH]c3ccc(Cl)c(Cl)c3c2CC1.